The molecule has 0 spiro atoms. The molecule has 0 radical (unpaired) electrons. The number of rotatable bonds is 3. The molecule has 3 aromatic heterocycles. The molecule has 0 bridgehead atoms. The van der Waals surface area contributed by atoms with E-state index in [-0.39, 0.29) is 0 Å². The average molecular weight is 361 g/mol. The summed E-state index contributed by atoms with van der Waals surface area (Å²) in [6.07, 6.45) is 0.677. The van der Waals surface area contributed by atoms with Crippen molar-refractivity contribution in [2.24, 2.45) is 0 Å². The number of para-hydroxylation sites is 2. The van der Waals surface area contributed by atoms with Gasteiger partial charge in [-0.1, -0.05) is 54.1 Å². The van der Waals surface area contributed by atoms with E-state index in [1.54, 1.807) is 6.07 Å². The van der Waals surface area contributed by atoms with Crippen molar-refractivity contribution in [2.45, 2.75) is 6.42 Å². The second-order valence-corrected chi connectivity index (χ2v) is 6.40. The quantitative estimate of drug-likeness (QED) is 0.529. The van der Waals surface area contributed by atoms with Gasteiger partial charge < -0.3 is 0 Å². The molecule has 5 aromatic rings. The zero-order valence-corrected chi connectivity index (χ0v) is 14.4. The van der Waals surface area contributed by atoms with E-state index in [0.29, 0.717) is 28.6 Å². The van der Waals surface area contributed by atoms with Gasteiger partial charge in [0.15, 0.2) is 5.65 Å². The van der Waals surface area contributed by atoms with Crippen molar-refractivity contribution in [3.63, 3.8) is 0 Å². The predicted octanol–water partition coefficient (Wildman–Crippen LogP) is 3.91. The highest BCUT2D eigenvalue weighted by Gasteiger charge is 2.18. The number of H-pyrrole nitrogens is 1. The molecular weight excluding hydrogens is 348 g/mol. The van der Waals surface area contributed by atoms with Crippen molar-refractivity contribution in [3.8, 4) is 11.4 Å². The standard InChI is InChI=1S/C19H13ClN6/c20-16-11-14(22-23-16)18-19-25-24-17(10-12-6-2-1-3-7-12)26(19)15-9-5-4-8-13(15)21-18/h1-9,11H,10H2,(H,22,23). The van der Waals surface area contributed by atoms with Gasteiger partial charge in [0.25, 0.3) is 0 Å². The number of aromatic amines is 1. The van der Waals surface area contributed by atoms with E-state index in [1.165, 1.54) is 5.56 Å². The molecule has 6 nitrogen and oxygen atoms in total. The molecule has 0 aliphatic carbocycles. The number of fused-ring (bicyclic) bond motifs is 3. The zero-order chi connectivity index (χ0) is 17.5. The van der Waals surface area contributed by atoms with Crippen molar-refractivity contribution < 1.29 is 0 Å². The van der Waals surface area contributed by atoms with Crippen LogP contribution in [-0.2, 0) is 6.42 Å². The first-order chi connectivity index (χ1) is 12.8. The van der Waals surface area contributed by atoms with Gasteiger partial charge in [-0.05, 0) is 17.7 Å². The van der Waals surface area contributed by atoms with Gasteiger partial charge in [-0.25, -0.2) is 4.98 Å². The lowest BCUT2D eigenvalue weighted by atomic mass is 10.1. The van der Waals surface area contributed by atoms with Crippen molar-refractivity contribution in [1.29, 1.82) is 0 Å². The zero-order valence-electron chi connectivity index (χ0n) is 13.6. The van der Waals surface area contributed by atoms with Crippen LogP contribution in [0.25, 0.3) is 28.1 Å². The monoisotopic (exact) mass is 360 g/mol. The van der Waals surface area contributed by atoms with E-state index in [0.717, 1.165) is 16.9 Å². The summed E-state index contributed by atoms with van der Waals surface area (Å²) in [6.45, 7) is 0. The largest absolute Gasteiger partial charge is 0.275 e. The van der Waals surface area contributed by atoms with Crippen molar-refractivity contribution in [2.75, 3.05) is 0 Å². The molecule has 7 heteroatoms. The van der Waals surface area contributed by atoms with Crippen LogP contribution in [0.15, 0.2) is 60.7 Å². The Morgan fingerprint density at radius 1 is 0.962 bits per heavy atom. The summed E-state index contributed by atoms with van der Waals surface area (Å²) in [5, 5.41) is 16.3. The van der Waals surface area contributed by atoms with E-state index >= 15 is 0 Å². The van der Waals surface area contributed by atoms with Gasteiger partial charge in [-0.15, -0.1) is 10.2 Å². The van der Waals surface area contributed by atoms with Crippen molar-refractivity contribution in [1.82, 2.24) is 29.8 Å². The number of nitrogens with zero attached hydrogens (tertiary/aromatic N) is 5. The number of hydrogen-bond donors (Lipinski definition) is 1. The van der Waals surface area contributed by atoms with Crippen LogP contribution in [0.1, 0.15) is 11.4 Å². The molecule has 126 valence electrons. The Kier molecular flexibility index (Phi) is 3.43. The molecule has 0 saturated carbocycles. The topological polar surface area (TPSA) is 71.8 Å². The van der Waals surface area contributed by atoms with Crippen LogP contribution < -0.4 is 0 Å². The molecule has 0 saturated heterocycles. The van der Waals surface area contributed by atoms with E-state index < -0.39 is 0 Å². The van der Waals surface area contributed by atoms with Gasteiger partial charge in [0.2, 0.25) is 0 Å². The molecule has 0 amide bonds. The first-order valence-corrected chi connectivity index (χ1v) is 8.55. The Balaban J connectivity index is 1.79. The number of aromatic nitrogens is 6. The first kappa shape index (κ1) is 15.0. The summed E-state index contributed by atoms with van der Waals surface area (Å²) in [7, 11) is 0. The van der Waals surface area contributed by atoms with Crippen LogP contribution >= 0.6 is 11.6 Å². The second kappa shape index (κ2) is 5.93. The first-order valence-electron chi connectivity index (χ1n) is 8.17. The van der Waals surface area contributed by atoms with E-state index in [1.807, 2.05) is 46.9 Å². The van der Waals surface area contributed by atoms with Crippen LogP contribution in [0.2, 0.25) is 5.15 Å². The fraction of sp³-hybridized carbons (Fsp3) is 0.0526. The highest BCUT2D eigenvalue weighted by molar-refractivity contribution is 6.29. The maximum Gasteiger partial charge on any atom is 0.189 e. The second-order valence-electron chi connectivity index (χ2n) is 5.99. The molecule has 0 aliphatic heterocycles. The average Bonchev–Trinajstić information content (AvgIpc) is 3.29. The Morgan fingerprint density at radius 3 is 2.58 bits per heavy atom. The Morgan fingerprint density at radius 2 is 1.77 bits per heavy atom. The number of benzene rings is 2. The van der Waals surface area contributed by atoms with Crippen molar-refractivity contribution in [3.05, 3.63) is 77.2 Å². The minimum absolute atomic E-state index is 0.456. The third kappa shape index (κ3) is 2.43. The van der Waals surface area contributed by atoms with Crippen LogP contribution in [0.5, 0.6) is 0 Å². The lowest BCUT2D eigenvalue weighted by molar-refractivity contribution is 0.948. The van der Waals surface area contributed by atoms with Gasteiger partial charge in [-0.3, -0.25) is 9.50 Å². The van der Waals surface area contributed by atoms with Crippen molar-refractivity contribution >= 4 is 28.3 Å². The maximum atomic E-state index is 6.00. The third-order valence-electron chi connectivity index (χ3n) is 4.29. The summed E-state index contributed by atoms with van der Waals surface area (Å²) in [6, 6.07) is 19.9. The van der Waals surface area contributed by atoms with Crippen LogP contribution in [0.3, 0.4) is 0 Å². The summed E-state index contributed by atoms with van der Waals surface area (Å²) in [5.74, 6) is 0.854. The van der Waals surface area contributed by atoms with Crippen LogP contribution in [0.4, 0.5) is 0 Å². The molecule has 2 aromatic carbocycles. The highest BCUT2D eigenvalue weighted by atomic mass is 35.5. The molecule has 0 atom stereocenters. The highest BCUT2D eigenvalue weighted by Crippen LogP contribution is 2.27. The van der Waals surface area contributed by atoms with Gasteiger partial charge in [0, 0.05) is 12.5 Å². The summed E-state index contributed by atoms with van der Waals surface area (Å²) in [4.78, 5) is 4.74. The predicted molar refractivity (Wildman–Crippen MR) is 100 cm³/mol. The smallest absolute Gasteiger partial charge is 0.189 e. The fourth-order valence-electron chi connectivity index (χ4n) is 3.13. The van der Waals surface area contributed by atoms with Gasteiger partial charge in [0.05, 0.1) is 11.0 Å². The lowest BCUT2D eigenvalue weighted by Gasteiger charge is -2.07. The number of halogens is 1. The minimum atomic E-state index is 0.456. The van der Waals surface area contributed by atoms with Gasteiger partial charge >= 0.3 is 0 Å². The Labute approximate surface area is 153 Å². The Hall–Kier alpha value is -3.25. The molecule has 5 rings (SSSR count). The molecule has 0 unspecified atom stereocenters. The fourth-order valence-corrected chi connectivity index (χ4v) is 3.27. The molecule has 3 heterocycles. The lowest BCUT2D eigenvalue weighted by Crippen LogP contribution is -2.01. The van der Waals surface area contributed by atoms with Crippen LogP contribution in [-0.4, -0.2) is 29.8 Å². The summed E-state index contributed by atoms with van der Waals surface area (Å²) >= 11 is 6.00. The third-order valence-corrected chi connectivity index (χ3v) is 4.48. The van der Waals surface area contributed by atoms with E-state index in [2.05, 4.69) is 32.5 Å². The SMILES string of the molecule is Clc1cc(-c2nc3ccccc3n3c(Cc4ccccc4)nnc23)n[nH]1. The van der Waals surface area contributed by atoms with E-state index in [9.17, 15) is 0 Å². The summed E-state index contributed by atoms with van der Waals surface area (Å²) < 4.78 is 2.05. The Bertz CT molecular complexity index is 1220. The van der Waals surface area contributed by atoms with E-state index in [4.69, 9.17) is 16.6 Å². The van der Waals surface area contributed by atoms with Gasteiger partial charge in [-0.2, -0.15) is 5.10 Å². The molecule has 26 heavy (non-hydrogen) atoms. The molecule has 1 N–H and O–H groups in total. The number of hydrogen-bond acceptors (Lipinski definition) is 4. The van der Waals surface area contributed by atoms with Crippen LogP contribution in [0, 0.1) is 0 Å². The molecule has 0 aliphatic rings. The summed E-state index contributed by atoms with van der Waals surface area (Å²) in [5.41, 5.74) is 4.94. The molecule has 0 fully saturated rings. The number of nitrogens with one attached hydrogen (secondary N) is 1. The maximum absolute atomic E-state index is 6.00. The van der Waals surface area contributed by atoms with Gasteiger partial charge in [0.1, 0.15) is 22.4 Å². The minimum Gasteiger partial charge on any atom is -0.275 e. The molecular formula is C19H13ClN6. The normalized spacial score (nSPS) is 11.4.